The third-order valence-corrected chi connectivity index (χ3v) is 5.70. The predicted molar refractivity (Wildman–Crippen MR) is 112 cm³/mol. The zero-order valence-electron chi connectivity index (χ0n) is 16.6. The van der Waals surface area contributed by atoms with E-state index in [0.29, 0.717) is 18.7 Å². The Labute approximate surface area is 170 Å². The predicted octanol–water partition coefficient (Wildman–Crippen LogP) is 4.49. The van der Waals surface area contributed by atoms with Crippen molar-refractivity contribution in [2.24, 2.45) is 0 Å². The monoisotopic (exact) mass is 389 g/mol. The molecule has 29 heavy (non-hydrogen) atoms. The smallest absolute Gasteiger partial charge is 0.132 e. The van der Waals surface area contributed by atoms with Crippen LogP contribution in [-0.4, -0.2) is 34.9 Å². The second-order valence-electron chi connectivity index (χ2n) is 7.84. The summed E-state index contributed by atoms with van der Waals surface area (Å²) in [7, 11) is 2.07. The van der Waals surface area contributed by atoms with Crippen molar-refractivity contribution in [2.75, 3.05) is 20.3 Å². The summed E-state index contributed by atoms with van der Waals surface area (Å²) in [5.41, 5.74) is 7.45. The minimum atomic E-state index is -0.202. The van der Waals surface area contributed by atoms with E-state index >= 15 is 0 Å². The van der Waals surface area contributed by atoms with Gasteiger partial charge in [-0.3, -0.25) is 9.58 Å². The van der Waals surface area contributed by atoms with Crippen molar-refractivity contribution in [3.8, 4) is 11.3 Å². The van der Waals surface area contributed by atoms with Crippen molar-refractivity contribution in [1.29, 1.82) is 0 Å². The van der Waals surface area contributed by atoms with Crippen LogP contribution in [0.1, 0.15) is 28.8 Å². The van der Waals surface area contributed by atoms with Gasteiger partial charge in [0.2, 0.25) is 0 Å². The van der Waals surface area contributed by atoms with Gasteiger partial charge in [-0.1, -0.05) is 36.4 Å². The van der Waals surface area contributed by atoms with E-state index < -0.39 is 0 Å². The van der Waals surface area contributed by atoms with E-state index in [-0.39, 0.29) is 5.82 Å². The molecule has 0 atom stereocenters. The highest BCUT2D eigenvalue weighted by atomic mass is 19.1. The number of halogens is 1. The summed E-state index contributed by atoms with van der Waals surface area (Å²) in [6, 6.07) is 15.6. The highest BCUT2D eigenvalue weighted by Crippen LogP contribution is 2.34. The molecule has 0 aliphatic carbocycles. The lowest BCUT2D eigenvalue weighted by atomic mass is 9.99. The van der Waals surface area contributed by atoms with Gasteiger partial charge in [-0.2, -0.15) is 5.10 Å². The van der Waals surface area contributed by atoms with Crippen LogP contribution in [0.5, 0.6) is 0 Å². The van der Waals surface area contributed by atoms with Crippen LogP contribution in [0, 0.1) is 5.82 Å². The third-order valence-electron chi connectivity index (χ3n) is 5.70. The van der Waals surface area contributed by atoms with E-state index in [0.717, 1.165) is 43.1 Å². The molecule has 0 spiro atoms. The van der Waals surface area contributed by atoms with Crippen molar-refractivity contribution in [2.45, 2.75) is 26.1 Å². The minimum absolute atomic E-state index is 0.202. The molecule has 0 saturated carbocycles. The number of hydrogen-bond acceptors (Lipinski definition) is 3. The average molecular weight is 389 g/mol. The molecular weight excluding hydrogens is 365 g/mol. The normalized spacial score (nSPS) is 16.7. The number of fused-ring (bicyclic) bond motifs is 1. The van der Waals surface area contributed by atoms with Gasteiger partial charge in [0.05, 0.1) is 31.1 Å². The van der Waals surface area contributed by atoms with Gasteiger partial charge in [-0.25, -0.2) is 4.39 Å². The van der Waals surface area contributed by atoms with Gasteiger partial charge >= 0.3 is 0 Å². The second kappa shape index (κ2) is 7.58. The standard InChI is InChI=1S/C24H24FN3O/c1-27-15-21-23(16-27)26-28(24(21)20-7-2-3-8-22(20)25)14-17-5-4-6-19(13-17)18-9-11-29-12-10-18/h2-9,13H,10-12,14-16H2,1H3. The van der Waals surface area contributed by atoms with Crippen molar-refractivity contribution < 1.29 is 9.13 Å². The average Bonchev–Trinajstić information content (AvgIpc) is 3.25. The van der Waals surface area contributed by atoms with Gasteiger partial charge < -0.3 is 4.74 Å². The molecule has 0 amide bonds. The molecule has 2 aliphatic rings. The van der Waals surface area contributed by atoms with Gasteiger partial charge in [-0.15, -0.1) is 0 Å². The number of benzene rings is 2. The van der Waals surface area contributed by atoms with Crippen LogP contribution < -0.4 is 0 Å². The van der Waals surface area contributed by atoms with E-state index in [4.69, 9.17) is 9.84 Å². The lowest BCUT2D eigenvalue weighted by Crippen LogP contribution is -2.13. The first-order chi connectivity index (χ1) is 14.2. The number of aromatic nitrogens is 2. The van der Waals surface area contributed by atoms with Crippen LogP contribution in [0.15, 0.2) is 54.6 Å². The van der Waals surface area contributed by atoms with Crippen LogP contribution in [0.2, 0.25) is 0 Å². The van der Waals surface area contributed by atoms with Crippen LogP contribution >= 0.6 is 0 Å². The van der Waals surface area contributed by atoms with Gasteiger partial charge in [0.15, 0.2) is 0 Å². The zero-order chi connectivity index (χ0) is 19.8. The largest absolute Gasteiger partial charge is 0.377 e. The van der Waals surface area contributed by atoms with Crippen LogP contribution in [0.4, 0.5) is 4.39 Å². The first-order valence-corrected chi connectivity index (χ1v) is 10.1. The maximum absolute atomic E-state index is 14.7. The van der Waals surface area contributed by atoms with Crippen LogP contribution in [0.25, 0.3) is 16.8 Å². The fourth-order valence-corrected chi connectivity index (χ4v) is 4.32. The Bertz CT molecular complexity index is 1090. The summed E-state index contributed by atoms with van der Waals surface area (Å²) >= 11 is 0. The van der Waals surface area contributed by atoms with E-state index in [1.54, 1.807) is 6.07 Å². The third kappa shape index (κ3) is 3.52. The van der Waals surface area contributed by atoms with Crippen LogP contribution in [0.3, 0.4) is 0 Å². The SMILES string of the molecule is CN1Cc2nn(Cc3cccc(C4=CCOCC4)c3)c(-c3ccccc3F)c2C1. The van der Waals surface area contributed by atoms with Crippen molar-refractivity contribution in [3.63, 3.8) is 0 Å². The lowest BCUT2D eigenvalue weighted by molar-refractivity contribution is 0.161. The molecule has 0 radical (unpaired) electrons. The molecule has 0 bridgehead atoms. The van der Waals surface area contributed by atoms with E-state index in [2.05, 4.69) is 42.3 Å². The topological polar surface area (TPSA) is 30.3 Å². The summed E-state index contributed by atoms with van der Waals surface area (Å²) in [5.74, 6) is -0.202. The maximum atomic E-state index is 14.7. The fraction of sp³-hybridized carbons (Fsp3) is 0.292. The summed E-state index contributed by atoms with van der Waals surface area (Å²) < 4.78 is 22.1. The molecule has 5 heteroatoms. The van der Waals surface area contributed by atoms with Gasteiger partial charge in [-0.05, 0) is 48.4 Å². The Morgan fingerprint density at radius 2 is 2.00 bits per heavy atom. The highest BCUT2D eigenvalue weighted by molar-refractivity contribution is 5.68. The molecule has 0 fully saturated rings. The minimum Gasteiger partial charge on any atom is -0.377 e. The molecule has 2 aromatic carbocycles. The van der Waals surface area contributed by atoms with Crippen molar-refractivity contribution >= 4 is 5.57 Å². The molecule has 0 unspecified atom stereocenters. The Morgan fingerprint density at radius 1 is 1.10 bits per heavy atom. The summed E-state index contributed by atoms with van der Waals surface area (Å²) in [6.45, 7) is 3.67. The van der Waals surface area contributed by atoms with E-state index in [9.17, 15) is 4.39 Å². The highest BCUT2D eigenvalue weighted by Gasteiger charge is 2.27. The maximum Gasteiger partial charge on any atom is 0.132 e. The van der Waals surface area contributed by atoms with Gasteiger partial charge in [0, 0.05) is 24.2 Å². The molecule has 3 aromatic rings. The Morgan fingerprint density at radius 3 is 2.83 bits per heavy atom. The Kier molecular flexibility index (Phi) is 4.78. The second-order valence-corrected chi connectivity index (χ2v) is 7.84. The number of hydrogen-bond donors (Lipinski definition) is 0. The molecular formula is C24H24FN3O. The quantitative estimate of drug-likeness (QED) is 0.659. The molecule has 4 nitrogen and oxygen atoms in total. The molecule has 2 aliphatic heterocycles. The van der Waals surface area contributed by atoms with Crippen LogP contribution in [-0.2, 0) is 24.4 Å². The summed E-state index contributed by atoms with van der Waals surface area (Å²) in [5, 5.41) is 4.87. The van der Waals surface area contributed by atoms with E-state index in [1.165, 1.54) is 22.8 Å². The van der Waals surface area contributed by atoms with Gasteiger partial charge in [0.25, 0.3) is 0 Å². The van der Waals surface area contributed by atoms with Crippen molar-refractivity contribution in [3.05, 3.63) is 82.8 Å². The molecule has 148 valence electrons. The first-order valence-electron chi connectivity index (χ1n) is 10.1. The summed E-state index contributed by atoms with van der Waals surface area (Å²) in [6.07, 6.45) is 3.10. The molecule has 0 saturated heterocycles. The molecule has 1 aromatic heterocycles. The fourth-order valence-electron chi connectivity index (χ4n) is 4.32. The number of rotatable bonds is 4. The number of ether oxygens (including phenoxy) is 1. The lowest BCUT2D eigenvalue weighted by Gasteiger charge is -2.16. The van der Waals surface area contributed by atoms with Crippen molar-refractivity contribution in [1.82, 2.24) is 14.7 Å². The molecule has 5 rings (SSSR count). The molecule has 3 heterocycles. The zero-order valence-corrected chi connectivity index (χ0v) is 16.6. The first kappa shape index (κ1) is 18.3. The summed E-state index contributed by atoms with van der Waals surface area (Å²) in [4.78, 5) is 2.21. The Hall–Kier alpha value is -2.76. The number of nitrogens with zero attached hydrogens (tertiary/aromatic N) is 3. The Balaban J connectivity index is 1.54. The van der Waals surface area contributed by atoms with Gasteiger partial charge in [0.1, 0.15) is 5.82 Å². The van der Waals surface area contributed by atoms with E-state index in [1.807, 2.05) is 16.8 Å². The molecule has 0 N–H and O–H groups in total.